The van der Waals surface area contributed by atoms with Crippen LogP contribution in [0.1, 0.15) is 49.7 Å². The Morgan fingerprint density at radius 2 is 1.31 bits per heavy atom. The molecule has 0 heterocycles. The molecule has 2 atom stereocenters. The lowest BCUT2D eigenvalue weighted by Gasteiger charge is -2.19. The molecule has 168 valence electrons. The van der Waals surface area contributed by atoms with Gasteiger partial charge in [-0.3, -0.25) is 0 Å². The first-order valence-electron chi connectivity index (χ1n) is 11.3. The first-order valence-corrected chi connectivity index (χ1v) is 11.7. The van der Waals surface area contributed by atoms with Crippen molar-refractivity contribution in [2.75, 3.05) is 0 Å². The van der Waals surface area contributed by atoms with Crippen LogP contribution in [0.15, 0.2) is 98.1 Å². The van der Waals surface area contributed by atoms with E-state index in [2.05, 4.69) is 61.7 Å². The van der Waals surface area contributed by atoms with Gasteiger partial charge in [0.15, 0.2) is 0 Å². The van der Waals surface area contributed by atoms with Crippen LogP contribution in [0.5, 0.6) is 0 Å². The second-order valence-electron chi connectivity index (χ2n) is 8.00. The molecule has 0 saturated heterocycles. The minimum atomic E-state index is -1.46. The maximum Gasteiger partial charge on any atom is 0.488 e. The van der Waals surface area contributed by atoms with Crippen molar-refractivity contribution in [3.8, 4) is 0 Å². The number of hydrogen-bond donors (Lipinski definition) is 2. The van der Waals surface area contributed by atoms with E-state index in [-0.39, 0.29) is 0 Å². The van der Waals surface area contributed by atoms with Crippen molar-refractivity contribution in [2.24, 2.45) is 5.92 Å². The number of allylic oxidation sites excluding steroid dienone is 5. The minimum Gasteiger partial charge on any atom is -0.423 e. The molecular formula is C28H34BClO2. The second-order valence-corrected chi connectivity index (χ2v) is 8.56. The van der Waals surface area contributed by atoms with Gasteiger partial charge in [0, 0.05) is 5.92 Å². The molecule has 32 heavy (non-hydrogen) atoms. The third-order valence-corrected chi connectivity index (χ3v) is 5.86. The quantitative estimate of drug-likeness (QED) is 0.297. The topological polar surface area (TPSA) is 40.5 Å². The summed E-state index contributed by atoms with van der Waals surface area (Å²) in [6.45, 7) is 7.72. The Morgan fingerprint density at radius 1 is 0.781 bits per heavy atom. The van der Waals surface area contributed by atoms with Gasteiger partial charge in [-0.1, -0.05) is 98.1 Å². The van der Waals surface area contributed by atoms with Crippen molar-refractivity contribution in [1.29, 1.82) is 0 Å². The van der Waals surface area contributed by atoms with E-state index in [1.54, 1.807) is 12.1 Å². The average Bonchev–Trinajstić information content (AvgIpc) is 2.86. The normalized spacial score (nSPS) is 19.0. The Hall–Kier alpha value is -2.33. The smallest absolute Gasteiger partial charge is 0.423 e. The molecule has 0 amide bonds. The molecular weight excluding hydrogens is 415 g/mol. The zero-order chi connectivity index (χ0) is 23.2. The van der Waals surface area contributed by atoms with E-state index in [0.717, 1.165) is 12.0 Å². The molecule has 2 aliphatic carbocycles. The second kappa shape index (κ2) is 14.7. The van der Waals surface area contributed by atoms with Crippen molar-refractivity contribution < 1.29 is 10.0 Å². The molecule has 2 aromatic carbocycles. The molecule has 0 aromatic heterocycles. The van der Waals surface area contributed by atoms with Crippen molar-refractivity contribution in [3.05, 3.63) is 109 Å². The van der Waals surface area contributed by atoms with Gasteiger partial charge < -0.3 is 10.0 Å². The number of alkyl halides is 1. The fourth-order valence-electron chi connectivity index (χ4n) is 3.54. The van der Waals surface area contributed by atoms with Crippen LogP contribution in [-0.4, -0.2) is 22.5 Å². The van der Waals surface area contributed by atoms with Gasteiger partial charge in [0.2, 0.25) is 0 Å². The monoisotopic (exact) mass is 448 g/mol. The summed E-state index contributed by atoms with van der Waals surface area (Å²) in [5.74, 6) is 0.561. The van der Waals surface area contributed by atoms with Gasteiger partial charge in [-0.25, -0.2) is 0 Å². The summed E-state index contributed by atoms with van der Waals surface area (Å²) in [5.41, 5.74) is 3.62. The van der Waals surface area contributed by atoms with Crippen LogP contribution in [0.25, 0.3) is 11.0 Å². The minimum absolute atomic E-state index is 0.325. The van der Waals surface area contributed by atoms with Gasteiger partial charge in [-0.2, -0.15) is 0 Å². The summed E-state index contributed by atoms with van der Waals surface area (Å²) < 4.78 is 0. The molecule has 2 N–H and O–H groups in total. The van der Waals surface area contributed by atoms with E-state index in [1.807, 2.05) is 24.3 Å². The molecule has 0 saturated carbocycles. The van der Waals surface area contributed by atoms with Crippen LogP contribution in [0, 0.1) is 5.92 Å². The first-order chi connectivity index (χ1) is 15.5. The van der Waals surface area contributed by atoms with Gasteiger partial charge >= 0.3 is 7.12 Å². The lowest BCUT2D eigenvalue weighted by molar-refractivity contribution is 0.427. The van der Waals surface area contributed by atoms with Crippen molar-refractivity contribution >= 4 is 29.8 Å². The number of hydrogen-bond acceptors (Lipinski definition) is 2. The van der Waals surface area contributed by atoms with E-state index in [4.69, 9.17) is 21.6 Å². The highest BCUT2D eigenvalue weighted by Crippen LogP contribution is 2.29. The predicted octanol–water partition coefficient (Wildman–Crippen LogP) is 7.10. The van der Waals surface area contributed by atoms with Gasteiger partial charge in [0.05, 0.1) is 5.38 Å². The average molecular weight is 449 g/mol. The molecule has 0 fully saturated rings. The Balaban J connectivity index is 0.000000180. The van der Waals surface area contributed by atoms with Crippen LogP contribution >= 0.6 is 11.6 Å². The molecule has 0 aliphatic heterocycles. The summed E-state index contributed by atoms with van der Waals surface area (Å²) in [4.78, 5) is 0. The molecule has 2 aliphatic rings. The van der Waals surface area contributed by atoms with Crippen LogP contribution in [0.4, 0.5) is 0 Å². The molecule has 0 radical (unpaired) electrons. The van der Waals surface area contributed by atoms with Gasteiger partial charge in [-0.05, 0) is 60.7 Å². The molecule has 0 spiro atoms. The first kappa shape index (κ1) is 25.9. The van der Waals surface area contributed by atoms with E-state index in [0.29, 0.717) is 16.8 Å². The van der Waals surface area contributed by atoms with Crippen molar-refractivity contribution in [1.82, 2.24) is 0 Å². The Bertz CT molecular complexity index is 875. The van der Waals surface area contributed by atoms with Crippen molar-refractivity contribution in [3.63, 3.8) is 0 Å². The SMILES string of the molecule is C=C(B(O)O)c1ccccc1.C=C(c1ccccc1)[C@H]1C=CCCC1.ClC1C=CCCC1. The summed E-state index contributed by atoms with van der Waals surface area (Å²) in [6.07, 6.45) is 16.3. The third kappa shape index (κ3) is 9.44. The number of benzene rings is 2. The van der Waals surface area contributed by atoms with Gasteiger partial charge in [0.1, 0.15) is 0 Å². The lowest BCUT2D eigenvalue weighted by atomic mass is 9.76. The molecule has 4 rings (SSSR count). The highest BCUT2D eigenvalue weighted by Gasteiger charge is 2.13. The molecule has 2 nitrogen and oxygen atoms in total. The maximum atomic E-state index is 8.73. The van der Waals surface area contributed by atoms with E-state index in [1.165, 1.54) is 43.2 Å². The van der Waals surface area contributed by atoms with E-state index >= 15 is 0 Å². The number of rotatable bonds is 4. The van der Waals surface area contributed by atoms with Crippen molar-refractivity contribution in [2.45, 2.75) is 43.9 Å². The fourth-order valence-corrected chi connectivity index (χ4v) is 3.80. The summed E-state index contributed by atoms with van der Waals surface area (Å²) in [5, 5.41) is 17.8. The molecule has 4 heteroatoms. The Labute approximate surface area is 198 Å². The molecule has 1 unspecified atom stereocenters. The highest BCUT2D eigenvalue weighted by atomic mass is 35.5. The summed E-state index contributed by atoms with van der Waals surface area (Å²) in [6, 6.07) is 19.6. The fraction of sp³-hybridized carbons (Fsp3) is 0.286. The van der Waals surface area contributed by atoms with Crippen LogP contribution in [-0.2, 0) is 0 Å². The zero-order valence-corrected chi connectivity index (χ0v) is 19.5. The Morgan fingerprint density at radius 3 is 1.72 bits per heavy atom. The highest BCUT2D eigenvalue weighted by molar-refractivity contribution is 6.65. The van der Waals surface area contributed by atoms with E-state index in [9.17, 15) is 0 Å². The third-order valence-electron chi connectivity index (χ3n) is 5.50. The van der Waals surface area contributed by atoms with Gasteiger partial charge in [-0.15, -0.1) is 11.6 Å². The molecule has 2 aromatic rings. The number of halogens is 1. The standard InChI is InChI=1S/C14H16.C8H9BO2.C6H9Cl/c1-12(13-8-4-2-5-9-13)14-10-6-3-7-11-14;1-7(9(10)11)8-5-3-2-4-6-8;7-6-4-2-1-3-5-6/h2,4-6,8-10,14H,1,3,7,11H2;2-6,10-11H,1H2;2,4,6H,1,3,5H2/t14-;;/m0../s1. The molecule has 0 bridgehead atoms. The van der Waals surface area contributed by atoms with Gasteiger partial charge in [0.25, 0.3) is 0 Å². The zero-order valence-electron chi connectivity index (χ0n) is 18.7. The maximum absolute atomic E-state index is 8.73. The Kier molecular flexibility index (Phi) is 11.9. The van der Waals surface area contributed by atoms with Crippen LogP contribution in [0.2, 0.25) is 0 Å². The van der Waals surface area contributed by atoms with Crippen LogP contribution in [0.3, 0.4) is 0 Å². The summed E-state index contributed by atoms with van der Waals surface area (Å²) in [7, 11) is -1.46. The lowest BCUT2D eigenvalue weighted by Crippen LogP contribution is -2.12. The largest absolute Gasteiger partial charge is 0.488 e. The predicted molar refractivity (Wildman–Crippen MR) is 140 cm³/mol. The summed E-state index contributed by atoms with van der Waals surface area (Å²) >= 11 is 5.73. The van der Waals surface area contributed by atoms with E-state index < -0.39 is 7.12 Å². The van der Waals surface area contributed by atoms with Crippen LogP contribution < -0.4 is 0 Å².